The number of nitrogens with one attached hydrogen (secondary N) is 1. The van der Waals surface area contributed by atoms with Crippen molar-refractivity contribution in [3.63, 3.8) is 0 Å². The SMILES string of the molecule is CCNc1cc(C(=O)N2CC(C)CC(C)C2)cc(CC)n1. The lowest BCUT2D eigenvalue weighted by molar-refractivity contribution is 0.0623. The van der Waals surface area contributed by atoms with Gasteiger partial charge in [-0.25, -0.2) is 4.98 Å². The zero-order valence-corrected chi connectivity index (χ0v) is 13.6. The van der Waals surface area contributed by atoms with Crippen molar-refractivity contribution in [1.29, 1.82) is 0 Å². The first-order chi connectivity index (χ1) is 10.0. The second-order valence-electron chi connectivity index (χ2n) is 6.27. The van der Waals surface area contributed by atoms with Crippen molar-refractivity contribution in [2.75, 3.05) is 25.0 Å². The van der Waals surface area contributed by atoms with E-state index in [1.54, 1.807) is 0 Å². The number of likely N-dealkylation sites (tertiary alicyclic amines) is 1. The summed E-state index contributed by atoms with van der Waals surface area (Å²) in [7, 11) is 0. The molecular formula is C17H27N3O. The number of aryl methyl sites for hydroxylation is 1. The van der Waals surface area contributed by atoms with Gasteiger partial charge in [-0.1, -0.05) is 20.8 Å². The fourth-order valence-electron chi connectivity index (χ4n) is 3.18. The summed E-state index contributed by atoms with van der Waals surface area (Å²) in [5.41, 5.74) is 1.73. The lowest BCUT2D eigenvalue weighted by atomic mass is 9.91. The van der Waals surface area contributed by atoms with Crippen LogP contribution in [0.3, 0.4) is 0 Å². The summed E-state index contributed by atoms with van der Waals surface area (Å²) in [5, 5.41) is 3.22. The summed E-state index contributed by atoms with van der Waals surface area (Å²) in [6.45, 7) is 11.1. The summed E-state index contributed by atoms with van der Waals surface area (Å²) in [6, 6.07) is 3.82. The van der Waals surface area contributed by atoms with Crippen molar-refractivity contribution in [2.45, 2.75) is 40.5 Å². The average Bonchev–Trinajstić information content (AvgIpc) is 2.45. The number of piperidine rings is 1. The standard InChI is InChI=1S/C17H27N3O/c1-5-15-8-14(9-16(19-15)18-6-2)17(21)20-10-12(3)7-13(4)11-20/h8-9,12-13H,5-7,10-11H2,1-4H3,(H,18,19). The lowest BCUT2D eigenvalue weighted by Gasteiger charge is -2.35. The van der Waals surface area contributed by atoms with Gasteiger partial charge in [0.15, 0.2) is 0 Å². The first-order valence-corrected chi connectivity index (χ1v) is 8.07. The molecule has 0 radical (unpaired) electrons. The number of rotatable bonds is 4. The summed E-state index contributed by atoms with van der Waals surface area (Å²) >= 11 is 0. The van der Waals surface area contributed by atoms with Gasteiger partial charge in [-0.15, -0.1) is 0 Å². The van der Waals surface area contributed by atoms with Crippen molar-refractivity contribution in [3.05, 3.63) is 23.4 Å². The van der Waals surface area contributed by atoms with Gasteiger partial charge in [-0.3, -0.25) is 4.79 Å². The van der Waals surface area contributed by atoms with Gasteiger partial charge in [0.05, 0.1) is 0 Å². The van der Waals surface area contributed by atoms with E-state index in [0.29, 0.717) is 11.8 Å². The van der Waals surface area contributed by atoms with E-state index in [1.165, 1.54) is 6.42 Å². The van der Waals surface area contributed by atoms with Crippen LogP contribution in [0, 0.1) is 11.8 Å². The molecular weight excluding hydrogens is 262 g/mol. The van der Waals surface area contributed by atoms with Crippen molar-refractivity contribution < 1.29 is 4.79 Å². The summed E-state index contributed by atoms with van der Waals surface area (Å²) in [4.78, 5) is 19.3. The normalized spacial score (nSPS) is 22.2. The monoisotopic (exact) mass is 289 g/mol. The second-order valence-corrected chi connectivity index (χ2v) is 6.27. The number of pyridine rings is 1. The Morgan fingerprint density at radius 1 is 1.29 bits per heavy atom. The van der Waals surface area contributed by atoms with Crippen LogP contribution in [-0.2, 0) is 6.42 Å². The Labute approximate surface area is 127 Å². The fourth-order valence-corrected chi connectivity index (χ4v) is 3.18. The number of carbonyl (C=O) groups is 1. The molecule has 0 saturated carbocycles. The molecule has 2 heterocycles. The number of aromatic nitrogens is 1. The molecule has 0 aliphatic carbocycles. The van der Waals surface area contributed by atoms with Crippen LogP contribution in [-0.4, -0.2) is 35.4 Å². The third kappa shape index (κ3) is 3.96. The van der Waals surface area contributed by atoms with Crippen LogP contribution in [0.25, 0.3) is 0 Å². The maximum atomic E-state index is 12.8. The lowest BCUT2D eigenvalue weighted by Crippen LogP contribution is -2.42. The van der Waals surface area contributed by atoms with Gasteiger partial charge >= 0.3 is 0 Å². The fraction of sp³-hybridized carbons (Fsp3) is 0.647. The highest BCUT2D eigenvalue weighted by molar-refractivity contribution is 5.95. The molecule has 0 spiro atoms. The Bertz CT molecular complexity index is 491. The van der Waals surface area contributed by atoms with Crippen LogP contribution in [0.1, 0.15) is 50.2 Å². The molecule has 2 atom stereocenters. The van der Waals surface area contributed by atoms with E-state index in [9.17, 15) is 4.79 Å². The van der Waals surface area contributed by atoms with Gasteiger partial charge < -0.3 is 10.2 Å². The first-order valence-electron chi connectivity index (χ1n) is 8.07. The molecule has 0 aromatic carbocycles. The topological polar surface area (TPSA) is 45.2 Å². The van der Waals surface area contributed by atoms with Gasteiger partial charge in [-0.05, 0) is 43.7 Å². The number of amides is 1. The Kier molecular flexibility index (Phi) is 5.21. The van der Waals surface area contributed by atoms with Crippen LogP contribution < -0.4 is 5.32 Å². The quantitative estimate of drug-likeness (QED) is 0.926. The zero-order valence-electron chi connectivity index (χ0n) is 13.6. The molecule has 4 heteroatoms. The molecule has 1 aromatic rings. The van der Waals surface area contributed by atoms with Gasteiger partial charge in [0, 0.05) is 30.9 Å². The number of hydrogen-bond donors (Lipinski definition) is 1. The van der Waals surface area contributed by atoms with E-state index in [1.807, 2.05) is 24.0 Å². The van der Waals surface area contributed by atoms with E-state index in [4.69, 9.17) is 0 Å². The summed E-state index contributed by atoms with van der Waals surface area (Å²) in [6.07, 6.45) is 2.05. The van der Waals surface area contributed by atoms with Crippen molar-refractivity contribution in [2.24, 2.45) is 11.8 Å². The Balaban J connectivity index is 2.23. The molecule has 0 bridgehead atoms. The number of nitrogens with zero attached hydrogens (tertiary/aromatic N) is 2. The van der Waals surface area contributed by atoms with Crippen LogP contribution in [0.2, 0.25) is 0 Å². The molecule has 1 N–H and O–H groups in total. The third-order valence-electron chi connectivity index (χ3n) is 4.00. The number of anilines is 1. The molecule has 1 aliphatic rings. The number of carbonyl (C=O) groups excluding carboxylic acids is 1. The largest absolute Gasteiger partial charge is 0.370 e. The van der Waals surface area contributed by atoms with Crippen LogP contribution in [0.4, 0.5) is 5.82 Å². The van der Waals surface area contributed by atoms with Crippen molar-refractivity contribution in [3.8, 4) is 0 Å². The molecule has 1 fully saturated rings. The smallest absolute Gasteiger partial charge is 0.254 e. The van der Waals surface area contributed by atoms with Crippen LogP contribution >= 0.6 is 0 Å². The van der Waals surface area contributed by atoms with Gasteiger partial charge in [0.1, 0.15) is 5.82 Å². The van der Waals surface area contributed by atoms with E-state index >= 15 is 0 Å². The minimum atomic E-state index is 0.143. The Hall–Kier alpha value is -1.58. The predicted molar refractivity (Wildman–Crippen MR) is 86.6 cm³/mol. The molecule has 1 aliphatic heterocycles. The average molecular weight is 289 g/mol. The van der Waals surface area contributed by atoms with E-state index in [-0.39, 0.29) is 5.91 Å². The Morgan fingerprint density at radius 3 is 2.52 bits per heavy atom. The van der Waals surface area contributed by atoms with Gasteiger partial charge in [0.2, 0.25) is 0 Å². The molecule has 2 unspecified atom stereocenters. The van der Waals surface area contributed by atoms with Crippen molar-refractivity contribution in [1.82, 2.24) is 9.88 Å². The molecule has 2 rings (SSSR count). The first kappa shape index (κ1) is 15.8. The van der Waals surface area contributed by atoms with Gasteiger partial charge in [-0.2, -0.15) is 0 Å². The highest BCUT2D eigenvalue weighted by Crippen LogP contribution is 2.23. The highest BCUT2D eigenvalue weighted by Gasteiger charge is 2.26. The predicted octanol–water partition coefficient (Wildman–Crippen LogP) is 3.19. The highest BCUT2D eigenvalue weighted by atomic mass is 16.2. The zero-order chi connectivity index (χ0) is 15.4. The van der Waals surface area contributed by atoms with E-state index < -0.39 is 0 Å². The maximum absolute atomic E-state index is 12.8. The van der Waals surface area contributed by atoms with E-state index in [0.717, 1.165) is 43.1 Å². The third-order valence-corrected chi connectivity index (χ3v) is 4.00. The molecule has 4 nitrogen and oxygen atoms in total. The number of hydrogen-bond acceptors (Lipinski definition) is 3. The molecule has 21 heavy (non-hydrogen) atoms. The molecule has 1 saturated heterocycles. The van der Waals surface area contributed by atoms with E-state index in [2.05, 4.69) is 31.1 Å². The van der Waals surface area contributed by atoms with Crippen molar-refractivity contribution >= 4 is 11.7 Å². The minimum absolute atomic E-state index is 0.143. The van der Waals surface area contributed by atoms with Crippen LogP contribution in [0.15, 0.2) is 12.1 Å². The second kappa shape index (κ2) is 6.92. The van der Waals surface area contributed by atoms with Crippen LogP contribution in [0.5, 0.6) is 0 Å². The summed E-state index contributed by atoms with van der Waals surface area (Å²) < 4.78 is 0. The summed E-state index contributed by atoms with van der Waals surface area (Å²) in [5.74, 6) is 2.11. The molecule has 1 aromatic heterocycles. The maximum Gasteiger partial charge on any atom is 0.254 e. The Morgan fingerprint density at radius 2 is 1.95 bits per heavy atom. The minimum Gasteiger partial charge on any atom is -0.370 e. The molecule has 1 amide bonds. The molecule has 116 valence electrons. The van der Waals surface area contributed by atoms with Gasteiger partial charge in [0.25, 0.3) is 5.91 Å².